The summed E-state index contributed by atoms with van der Waals surface area (Å²) in [6.45, 7) is 4.62. The molecule has 0 aliphatic carbocycles. The van der Waals surface area contributed by atoms with Crippen LogP contribution in [0.5, 0.6) is 0 Å². The second kappa shape index (κ2) is 3.81. The van der Waals surface area contributed by atoms with Crippen LogP contribution in [0, 0.1) is 6.92 Å². The maximum atomic E-state index is 12.1. The van der Waals surface area contributed by atoms with Crippen molar-refractivity contribution in [3.63, 3.8) is 0 Å². The summed E-state index contributed by atoms with van der Waals surface area (Å²) < 4.78 is 24.0. The lowest BCUT2D eigenvalue weighted by Crippen LogP contribution is -2.12. The van der Waals surface area contributed by atoms with Crippen LogP contribution >= 0.6 is 0 Å². The number of halogens is 2. The van der Waals surface area contributed by atoms with E-state index in [-0.39, 0.29) is 6.42 Å². The van der Waals surface area contributed by atoms with Gasteiger partial charge in [-0.3, -0.25) is 0 Å². The molecule has 0 N–H and O–H groups in total. The van der Waals surface area contributed by atoms with E-state index in [4.69, 9.17) is 0 Å². The van der Waals surface area contributed by atoms with Crippen LogP contribution in [-0.4, -0.2) is 12.3 Å². The Labute approximate surface area is 48.9 Å². The topological polar surface area (TPSA) is 0 Å². The van der Waals surface area contributed by atoms with Gasteiger partial charge in [-0.2, -0.15) is 0 Å². The molecular weight excluding hydrogens is 110 g/mol. The fraction of sp³-hybridized carbons (Fsp3) is 0.833. The Morgan fingerprint density at radius 3 is 2.12 bits per heavy atom. The number of rotatable bonds is 3. The summed E-state index contributed by atoms with van der Waals surface area (Å²) in [5, 5.41) is 0. The molecule has 49 valence electrons. The highest BCUT2D eigenvalue weighted by molar-refractivity contribution is 4.62. The molecule has 1 radical (unpaired) electrons. The molecule has 8 heavy (non-hydrogen) atoms. The van der Waals surface area contributed by atoms with E-state index in [1.165, 1.54) is 6.92 Å². The summed E-state index contributed by atoms with van der Waals surface area (Å²) in [6, 6.07) is 0. The summed E-state index contributed by atoms with van der Waals surface area (Å²) >= 11 is 0. The minimum Gasteiger partial charge on any atom is -0.245 e. The first-order chi connectivity index (χ1) is 3.68. The summed E-state index contributed by atoms with van der Waals surface area (Å²) in [4.78, 5) is 0. The second-order valence-electron chi connectivity index (χ2n) is 1.84. The van der Waals surface area contributed by atoms with E-state index in [9.17, 15) is 8.78 Å². The van der Waals surface area contributed by atoms with Gasteiger partial charge in [-0.25, -0.2) is 8.78 Å². The molecule has 0 amide bonds. The first-order valence-corrected chi connectivity index (χ1v) is 2.76. The van der Waals surface area contributed by atoms with Crippen molar-refractivity contribution in [1.82, 2.24) is 0 Å². The zero-order chi connectivity index (χ0) is 6.57. The van der Waals surface area contributed by atoms with Gasteiger partial charge >= 0.3 is 0 Å². The Balaban J connectivity index is 3.17. The van der Waals surface area contributed by atoms with Gasteiger partial charge in [0.1, 0.15) is 12.3 Å². The zero-order valence-corrected chi connectivity index (χ0v) is 5.03. The van der Waals surface area contributed by atoms with E-state index in [0.717, 1.165) is 0 Å². The van der Waals surface area contributed by atoms with Gasteiger partial charge in [0.2, 0.25) is 0 Å². The average Bonchev–Trinajstić information content (AvgIpc) is 1.67. The third kappa shape index (κ3) is 2.94. The minimum atomic E-state index is -1.34. The van der Waals surface area contributed by atoms with Gasteiger partial charge in [0.25, 0.3) is 0 Å². The SMILES string of the molecule is [CH2]CC[C@H](F)C(C)F. The molecular formula is C6H11F2. The molecule has 0 fully saturated rings. The van der Waals surface area contributed by atoms with Gasteiger partial charge in [-0.1, -0.05) is 13.3 Å². The van der Waals surface area contributed by atoms with Crippen LogP contribution in [0.1, 0.15) is 19.8 Å². The quantitative estimate of drug-likeness (QED) is 0.537. The first kappa shape index (κ1) is 7.86. The van der Waals surface area contributed by atoms with E-state index >= 15 is 0 Å². The van der Waals surface area contributed by atoms with Crippen LogP contribution in [0.25, 0.3) is 0 Å². The van der Waals surface area contributed by atoms with E-state index in [2.05, 4.69) is 6.92 Å². The molecule has 0 saturated heterocycles. The third-order valence-corrected chi connectivity index (χ3v) is 0.978. The average molecular weight is 121 g/mol. The molecule has 0 bridgehead atoms. The zero-order valence-electron chi connectivity index (χ0n) is 5.03. The molecule has 1 unspecified atom stereocenters. The van der Waals surface area contributed by atoms with Crippen LogP contribution in [0.3, 0.4) is 0 Å². The van der Waals surface area contributed by atoms with Crippen molar-refractivity contribution in [3.8, 4) is 0 Å². The number of hydrogen-bond donors (Lipinski definition) is 0. The van der Waals surface area contributed by atoms with E-state index in [1.807, 2.05) is 0 Å². The largest absolute Gasteiger partial charge is 0.245 e. The van der Waals surface area contributed by atoms with E-state index in [0.29, 0.717) is 6.42 Å². The molecule has 0 heterocycles. The van der Waals surface area contributed by atoms with E-state index in [1.54, 1.807) is 0 Å². The highest BCUT2D eigenvalue weighted by Gasteiger charge is 2.12. The number of hydrogen-bond acceptors (Lipinski definition) is 0. The lowest BCUT2D eigenvalue weighted by atomic mass is 10.2. The first-order valence-electron chi connectivity index (χ1n) is 2.76. The lowest BCUT2D eigenvalue weighted by molar-refractivity contribution is 0.173. The van der Waals surface area contributed by atoms with Crippen molar-refractivity contribution in [2.45, 2.75) is 32.1 Å². The maximum Gasteiger partial charge on any atom is 0.131 e. The molecule has 2 heteroatoms. The standard InChI is InChI=1S/C6H11F2/c1-3-4-6(8)5(2)7/h5-6H,1,3-4H2,2H3/t5?,6-/m0/s1. The highest BCUT2D eigenvalue weighted by atomic mass is 19.2. The van der Waals surface area contributed by atoms with Gasteiger partial charge in [0, 0.05) is 0 Å². The molecule has 0 aromatic carbocycles. The maximum absolute atomic E-state index is 12.1. The summed E-state index contributed by atoms with van der Waals surface area (Å²) in [5.74, 6) is 0. The highest BCUT2D eigenvalue weighted by Crippen LogP contribution is 2.08. The summed E-state index contributed by atoms with van der Waals surface area (Å²) in [6.07, 6.45) is -1.95. The smallest absolute Gasteiger partial charge is 0.131 e. The fourth-order valence-electron chi connectivity index (χ4n) is 0.425. The van der Waals surface area contributed by atoms with E-state index < -0.39 is 12.3 Å². The normalized spacial score (nSPS) is 18.0. The monoisotopic (exact) mass is 121 g/mol. The van der Waals surface area contributed by atoms with Crippen molar-refractivity contribution < 1.29 is 8.78 Å². The second-order valence-corrected chi connectivity index (χ2v) is 1.84. The predicted molar refractivity (Wildman–Crippen MR) is 30.1 cm³/mol. The Kier molecular flexibility index (Phi) is 3.75. The molecule has 0 aliphatic heterocycles. The Bertz CT molecular complexity index is 52.5. The van der Waals surface area contributed by atoms with Crippen LogP contribution in [0.4, 0.5) is 8.78 Å². The molecule has 0 aromatic rings. The van der Waals surface area contributed by atoms with Crippen LogP contribution in [0.2, 0.25) is 0 Å². The van der Waals surface area contributed by atoms with Crippen LogP contribution in [0.15, 0.2) is 0 Å². The van der Waals surface area contributed by atoms with Gasteiger partial charge in [0.05, 0.1) is 0 Å². The lowest BCUT2D eigenvalue weighted by Gasteiger charge is -2.05. The molecule has 0 aliphatic rings. The van der Waals surface area contributed by atoms with Crippen LogP contribution in [-0.2, 0) is 0 Å². The summed E-state index contributed by atoms with van der Waals surface area (Å²) in [5.41, 5.74) is 0. The molecule has 2 atom stereocenters. The van der Waals surface area contributed by atoms with Crippen molar-refractivity contribution >= 4 is 0 Å². The Morgan fingerprint density at radius 1 is 1.50 bits per heavy atom. The molecule has 0 rings (SSSR count). The van der Waals surface area contributed by atoms with Crippen molar-refractivity contribution in [3.05, 3.63) is 6.92 Å². The Morgan fingerprint density at radius 2 is 2.00 bits per heavy atom. The predicted octanol–water partition coefficient (Wildman–Crippen LogP) is 2.30. The minimum absolute atomic E-state index is 0.234. The fourth-order valence-corrected chi connectivity index (χ4v) is 0.425. The van der Waals surface area contributed by atoms with Crippen molar-refractivity contribution in [2.75, 3.05) is 0 Å². The summed E-state index contributed by atoms with van der Waals surface area (Å²) in [7, 11) is 0. The molecule has 0 aromatic heterocycles. The third-order valence-electron chi connectivity index (χ3n) is 0.978. The van der Waals surface area contributed by atoms with Crippen molar-refractivity contribution in [2.24, 2.45) is 0 Å². The molecule has 0 nitrogen and oxygen atoms in total. The Hall–Kier alpha value is -0.140. The van der Waals surface area contributed by atoms with Gasteiger partial charge < -0.3 is 0 Å². The molecule has 0 spiro atoms. The number of alkyl halides is 2. The molecule has 0 saturated carbocycles. The van der Waals surface area contributed by atoms with Gasteiger partial charge in [-0.05, 0) is 13.3 Å². The van der Waals surface area contributed by atoms with Crippen molar-refractivity contribution in [1.29, 1.82) is 0 Å². The van der Waals surface area contributed by atoms with Crippen LogP contribution < -0.4 is 0 Å². The van der Waals surface area contributed by atoms with Gasteiger partial charge in [-0.15, -0.1) is 0 Å². The van der Waals surface area contributed by atoms with Gasteiger partial charge in [0.15, 0.2) is 0 Å².